The number of benzene rings is 5. The van der Waals surface area contributed by atoms with Gasteiger partial charge in [-0.2, -0.15) is 0 Å². The molecule has 4 atom stereocenters. The second-order valence-corrected chi connectivity index (χ2v) is 18.3. The van der Waals surface area contributed by atoms with E-state index in [9.17, 15) is 10.2 Å². The highest BCUT2D eigenvalue weighted by atomic mass is 28.4. The minimum atomic E-state index is -2.77. The van der Waals surface area contributed by atoms with Crippen molar-refractivity contribution in [1.82, 2.24) is 0 Å². The lowest BCUT2D eigenvalue weighted by atomic mass is 9.80. The van der Waals surface area contributed by atoms with E-state index in [0.29, 0.717) is 6.61 Å². The Balaban J connectivity index is 1.38. The summed E-state index contributed by atoms with van der Waals surface area (Å²) in [5, 5.41) is 25.6. The Morgan fingerprint density at radius 2 is 0.896 bits per heavy atom. The van der Waals surface area contributed by atoms with Crippen molar-refractivity contribution >= 4 is 18.7 Å². The third kappa shape index (κ3) is 7.26. The van der Waals surface area contributed by atoms with E-state index in [1.165, 1.54) is 10.4 Å². The highest BCUT2D eigenvalue weighted by Gasteiger charge is 2.50. The predicted molar refractivity (Wildman–Crippen MR) is 199 cm³/mol. The van der Waals surface area contributed by atoms with Gasteiger partial charge in [0.25, 0.3) is 8.32 Å². The van der Waals surface area contributed by atoms with Crippen molar-refractivity contribution < 1.29 is 19.4 Å². The van der Waals surface area contributed by atoms with Gasteiger partial charge in [0.2, 0.25) is 0 Å². The first-order valence-electron chi connectivity index (χ1n) is 17.0. The third-order valence-corrected chi connectivity index (χ3v) is 14.7. The molecule has 0 aliphatic rings. The number of hydrogen-bond donors (Lipinski definition) is 2. The molecule has 2 N–H and O–H groups in total. The molecule has 0 spiro atoms. The maximum Gasteiger partial charge on any atom is 0.261 e. The summed E-state index contributed by atoms with van der Waals surface area (Å²) >= 11 is 0. The summed E-state index contributed by atoms with van der Waals surface area (Å²) in [6.45, 7) is 11.0. The van der Waals surface area contributed by atoms with Crippen LogP contribution in [0.4, 0.5) is 0 Å². The first-order valence-corrected chi connectivity index (χ1v) is 18.9. The van der Waals surface area contributed by atoms with Crippen LogP contribution in [0, 0.1) is 11.8 Å². The van der Waals surface area contributed by atoms with Crippen molar-refractivity contribution in [3.05, 3.63) is 168 Å². The van der Waals surface area contributed by atoms with Gasteiger partial charge in [-0.25, -0.2) is 0 Å². The quantitative estimate of drug-likeness (QED) is 0.0955. The van der Waals surface area contributed by atoms with Crippen LogP contribution in [0.3, 0.4) is 0 Å². The van der Waals surface area contributed by atoms with Crippen LogP contribution in [0.15, 0.2) is 152 Å². The summed E-state index contributed by atoms with van der Waals surface area (Å²) < 4.78 is 14.0. The molecule has 5 aromatic carbocycles. The number of rotatable bonds is 14. The van der Waals surface area contributed by atoms with Crippen LogP contribution < -0.4 is 10.4 Å². The van der Waals surface area contributed by atoms with Gasteiger partial charge in [0, 0.05) is 18.4 Å². The Morgan fingerprint density at radius 1 is 0.542 bits per heavy atom. The maximum atomic E-state index is 11.7. The number of aliphatic hydroxyl groups is 2. The van der Waals surface area contributed by atoms with Crippen LogP contribution in [0.25, 0.3) is 0 Å². The summed E-state index contributed by atoms with van der Waals surface area (Å²) in [7, 11) is -2.77. The Labute approximate surface area is 288 Å². The van der Waals surface area contributed by atoms with E-state index < -0.39 is 32.0 Å². The molecule has 0 amide bonds. The second-order valence-electron chi connectivity index (χ2n) is 14.0. The van der Waals surface area contributed by atoms with E-state index in [1.54, 1.807) is 0 Å². The molecule has 0 unspecified atom stereocenters. The van der Waals surface area contributed by atoms with Crippen molar-refractivity contribution in [3.8, 4) is 0 Å². The molecular formula is C43H50O4Si. The molecular weight excluding hydrogens is 609 g/mol. The molecule has 0 aliphatic carbocycles. The fourth-order valence-corrected chi connectivity index (χ4v) is 11.7. The average molecular weight is 659 g/mol. The van der Waals surface area contributed by atoms with E-state index in [4.69, 9.17) is 9.16 Å². The van der Waals surface area contributed by atoms with E-state index in [2.05, 4.69) is 106 Å². The number of aliphatic hydroxyl groups excluding tert-OH is 2. The summed E-state index contributed by atoms with van der Waals surface area (Å²) in [6, 6.07) is 51.5. The van der Waals surface area contributed by atoms with Crippen molar-refractivity contribution in [2.24, 2.45) is 11.8 Å². The van der Waals surface area contributed by atoms with Crippen LogP contribution in [0.1, 0.15) is 51.3 Å². The van der Waals surface area contributed by atoms with Crippen molar-refractivity contribution in [1.29, 1.82) is 0 Å². The summed E-state index contributed by atoms with van der Waals surface area (Å²) in [4.78, 5) is 0. The van der Waals surface area contributed by atoms with Crippen molar-refractivity contribution in [2.75, 3.05) is 13.2 Å². The maximum absolute atomic E-state index is 11.7. The summed E-state index contributed by atoms with van der Waals surface area (Å²) in [6.07, 6.45) is -1.74. The van der Waals surface area contributed by atoms with Gasteiger partial charge in [-0.05, 0) is 32.1 Å². The van der Waals surface area contributed by atoms with Crippen LogP contribution in [0.5, 0.6) is 0 Å². The van der Waals surface area contributed by atoms with E-state index in [1.807, 2.05) is 80.6 Å². The molecule has 5 rings (SSSR count). The number of hydrogen-bond acceptors (Lipinski definition) is 4. The van der Waals surface area contributed by atoms with E-state index in [-0.39, 0.29) is 17.6 Å². The SMILES string of the molecule is C[C@@H]([C@@H](O)[C@@H](C)CO[Si](c1ccccc1)(c1ccccc1)C(C)(C)C)[C@@H](O)COC(c1ccccc1)(c1ccccc1)c1ccccc1. The average Bonchev–Trinajstić information content (AvgIpc) is 3.13. The molecule has 250 valence electrons. The zero-order valence-electron chi connectivity index (χ0n) is 28.9. The zero-order valence-corrected chi connectivity index (χ0v) is 29.9. The zero-order chi connectivity index (χ0) is 34.2. The largest absolute Gasteiger partial charge is 0.407 e. The smallest absolute Gasteiger partial charge is 0.261 e. The fourth-order valence-electron chi connectivity index (χ4n) is 6.99. The molecule has 0 saturated heterocycles. The summed E-state index contributed by atoms with van der Waals surface area (Å²) in [5.74, 6) is -0.707. The normalized spacial score (nSPS) is 15.0. The molecule has 4 nitrogen and oxygen atoms in total. The number of ether oxygens (including phenoxy) is 1. The van der Waals surface area contributed by atoms with Gasteiger partial charge in [-0.15, -0.1) is 0 Å². The Morgan fingerprint density at radius 3 is 1.25 bits per heavy atom. The Kier molecular flexibility index (Phi) is 11.5. The topological polar surface area (TPSA) is 58.9 Å². The molecule has 0 aliphatic heterocycles. The first-order chi connectivity index (χ1) is 23.1. The predicted octanol–water partition coefficient (Wildman–Crippen LogP) is 7.57. The van der Waals surface area contributed by atoms with E-state index in [0.717, 1.165) is 16.7 Å². The van der Waals surface area contributed by atoms with Crippen LogP contribution in [-0.4, -0.2) is 44.0 Å². The fraction of sp³-hybridized carbons (Fsp3) is 0.302. The van der Waals surface area contributed by atoms with Gasteiger partial charge in [0.05, 0.1) is 18.8 Å². The monoisotopic (exact) mass is 658 g/mol. The van der Waals surface area contributed by atoms with Crippen LogP contribution in [0.2, 0.25) is 5.04 Å². The lowest BCUT2D eigenvalue weighted by Gasteiger charge is -2.44. The van der Waals surface area contributed by atoms with Gasteiger partial charge < -0.3 is 19.4 Å². The van der Waals surface area contributed by atoms with Crippen molar-refractivity contribution in [3.63, 3.8) is 0 Å². The standard InChI is InChI=1S/C43H50O4Si/c1-33(31-47-48(42(3,4)5,38-27-17-9-18-28-38)39-29-19-10-20-30-39)41(45)34(2)40(44)32-46-43(35-21-11-6-12-22-35,36-23-13-7-14-24-36)37-25-15-8-16-26-37/h6-30,33-34,40-41,44-45H,31-32H2,1-5H3/t33-,34+,40-,41-/m0/s1. The van der Waals surface area contributed by atoms with Crippen molar-refractivity contribution in [2.45, 2.75) is 57.5 Å². The van der Waals surface area contributed by atoms with Gasteiger partial charge >= 0.3 is 0 Å². The van der Waals surface area contributed by atoms with Gasteiger partial charge in [-0.3, -0.25) is 0 Å². The lowest BCUT2D eigenvalue weighted by Crippen LogP contribution is -2.67. The van der Waals surface area contributed by atoms with Crippen LogP contribution in [-0.2, 0) is 14.8 Å². The van der Waals surface area contributed by atoms with Gasteiger partial charge in [0.15, 0.2) is 0 Å². The molecule has 0 aromatic heterocycles. The molecule has 48 heavy (non-hydrogen) atoms. The molecule has 5 aromatic rings. The first kappa shape index (κ1) is 35.5. The molecule has 0 saturated carbocycles. The van der Waals surface area contributed by atoms with Gasteiger partial charge in [-0.1, -0.05) is 186 Å². The molecule has 5 heteroatoms. The molecule has 0 radical (unpaired) electrons. The second kappa shape index (κ2) is 15.6. The van der Waals surface area contributed by atoms with Crippen LogP contribution >= 0.6 is 0 Å². The summed E-state index contributed by atoms with van der Waals surface area (Å²) in [5.41, 5.74) is 1.95. The highest BCUT2D eigenvalue weighted by Crippen LogP contribution is 2.41. The highest BCUT2D eigenvalue weighted by molar-refractivity contribution is 6.99. The molecule has 0 fully saturated rings. The lowest BCUT2D eigenvalue weighted by molar-refractivity contribution is -0.0833. The Bertz CT molecular complexity index is 1520. The molecule has 0 bridgehead atoms. The third-order valence-electron chi connectivity index (χ3n) is 9.72. The minimum Gasteiger partial charge on any atom is -0.407 e. The Hall–Kier alpha value is -3.84. The minimum absolute atomic E-state index is 0.0270. The van der Waals surface area contributed by atoms with Gasteiger partial charge in [0.1, 0.15) is 5.60 Å². The molecule has 0 heterocycles. The van der Waals surface area contributed by atoms with E-state index >= 15 is 0 Å².